The van der Waals surface area contributed by atoms with Gasteiger partial charge in [-0.3, -0.25) is 9.36 Å². The number of para-hydroxylation sites is 1. The van der Waals surface area contributed by atoms with E-state index in [0.717, 1.165) is 0 Å². The zero-order valence-corrected chi connectivity index (χ0v) is 13.9. The molecular formula is C19H17N3O3. The predicted octanol–water partition coefficient (Wildman–Crippen LogP) is 3.23. The molecule has 25 heavy (non-hydrogen) atoms. The molecule has 6 nitrogen and oxygen atoms in total. The third-order valence-corrected chi connectivity index (χ3v) is 3.98. The van der Waals surface area contributed by atoms with Crippen molar-refractivity contribution in [2.45, 2.75) is 13.5 Å². The number of furan rings is 1. The van der Waals surface area contributed by atoms with Crippen molar-refractivity contribution in [1.29, 1.82) is 5.26 Å². The number of aryl methyl sites for hydroxylation is 1. The van der Waals surface area contributed by atoms with Crippen LogP contribution in [0.1, 0.15) is 27.2 Å². The SMILES string of the molecule is Cc1oc(-n2cccc2)c(C#N)c1C(=O)N(C)Cc1ccccc1O. The second-order valence-electron chi connectivity index (χ2n) is 5.71. The van der Waals surface area contributed by atoms with Crippen LogP contribution in [0.2, 0.25) is 0 Å². The third-order valence-electron chi connectivity index (χ3n) is 3.98. The smallest absolute Gasteiger partial charge is 0.258 e. The maximum Gasteiger partial charge on any atom is 0.258 e. The topological polar surface area (TPSA) is 82.4 Å². The molecule has 0 aliphatic heterocycles. The number of hydrogen-bond acceptors (Lipinski definition) is 4. The molecule has 1 amide bonds. The second kappa shape index (κ2) is 6.57. The highest BCUT2D eigenvalue weighted by Gasteiger charge is 2.27. The van der Waals surface area contributed by atoms with Crippen molar-refractivity contribution in [2.75, 3.05) is 7.05 Å². The molecule has 126 valence electrons. The quantitative estimate of drug-likeness (QED) is 0.793. The zero-order chi connectivity index (χ0) is 18.0. The summed E-state index contributed by atoms with van der Waals surface area (Å²) >= 11 is 0. The first kappa shape index (κ1) is 16.4. The van der Waals surface area contributed by atoms with Gasteiger partial charge in [0.1, 0.15) is 28.7 Å². The van der Waals surface area contributed by atoms with Crippen LogP contribution >= 0.6 is 0 Å². The number of phenols is 1. The predicted molar refractivity (Wildman–Crippen MR) is 91.4 cm³/mol. The fourth-order valence-electron chi connectivity index (χ4n) is 2.71. The number of benzene rings is 1. The number of carbonyl (C=O) groups is 1. The summed E-state index contributed by atoms with van der Waals surface area (Å²) in [4.78, 5) is 14.3. The van der Waals surface area contributed by atoms with Crippen LogP contribution in [0.15, 0.2) is 53.2 Å². The molecule has 0 bridgehead atoms. The number of amides is 1. The van der Waals surface area contributed by atoms with E-state index < -0.39 is 0 Å². The summed E-state index contributed by atoms with van der Waals surface area (Å²) < 4.78 is 7.33. The number of hydrogen-bond donors (Lipinski definition) is 1. The summed E-state index contributed by atoms with van der Waals surface area (Å²) in [6.07, 6.45) is 3.50. The van der Waals surface area contributed by atoms with Crippen molar-refractivity contribution < 1.29 is 14.3 Å². The van der Waals surface area contributed by atoms with E-state index in [1.54, 1.807) is 55.2 Å². The lowest BCUT2D eigenvalue weighted by atomic mass is 10.1. The van der Waals surface area contributed by atoms with Crippen molar-refractivity contribution in [2.24, 2.45) is 0 Å². The van der Waals surface area contributed by atoms with Crippen LogP contribution in [0.5, 0.6) is 5.75 Å². The lowest BCUT2D eigenvalue weighted by Gasteiger charge is -2.17. The molecule has 0 radical (unpaired) electrons. The van der Waals surface area contributed by atoms with Crippen molar-refractivity contribution in [3.8, 4) is 17.7 Å². The van der Waals surface area contributed by atoms with Crippen LogP contribution in [0, 0.1) is 18.3 Å². The molecular weight excluding hydrogens is 318 g/mol. The van der Waals surface area contributed by atoms with Crippen LogP contribution in [-0.4, -0.2) is 27.5 Å². The molecule has 0 aliphatic rings. The summed E-state index contributed by atoms with van der Waals surface area (Å²) in [5.41, 5.74) is 1.07. The molecule has 0 fully saturated rings. The van der Waals surface area contributed by atoms with Gasteiger partial charge in [0, 0.05) is 31.5 Å². The minimum atomic E-state index is -0.334. The number of carbonyl (C=O) groups excluding carboxylic acids is 1. The van der Waals surface area contributed by atoms with Crippen LogP contribution in [0.4, 0.5) is 0 Å². The first-order chi connectivity index (χ1) is 12.0. The number of aromatic nitrogens is 1. The van der Waals surface area contributed by atoms with Crippen LogP contribution in [0.3, 0.4) is 0 Å². The van der Waals surface area contributed by atoms with E-state index in [1.165, 1.54) is 4.90 Å². The molecule has 3 aromatic rings. The van der Waals surface area contributed by atoms with Crippen molar-refractivity contribution in [3.63, 3.8) is 0 Å². The molecule has 3 rings (SSSR count). The Hall–Kier alpha value is -3.46. The van der Waals surface area contributed by atoms with Crippen molar-refractivity contribution in [1.82, 2.24) is 9.47 Å². The normalized spacial score (nSPS) is 10.4. The van der Waals surface area contributed by atoms with E-state index >= 15 is 0 Å². The Balaban J connectivity index is 1.95. The van der Waals surface area contributed by atoms with E-state index in [2.05, 4.69) is 6.07 Å². The summed E-state index contributed by atoms with van der Waals surface area (Å²) in [6.45, 7) is 1.88. The summed E-state index contributed by atoms with van der Waals surface area (Å²) in [7, 11) is 1.62. The highest BCUT2D eigenvalue weighted by atomic mass is 16.4. The molecule has 2 heterocycles. The maximum absolute atomic E-state index is 12.9. The van der Waals surface area contributed by atoms with E-state index in [-0.39, 0.29) is 29.3 Å². The first-order valence-corrected chi connectivity index (χ1v) is 7.72. The van der Waals surface area contributed by atoms with Crippen molar-refractivity contribution in [3.05, 3.63) is 71.2 Å². The molecule has 0 saturated carbocycles. The Labute approximate surface area is 145 Å². The van der Waals surface area contributed by atoms with Crippen molar-refractivity contribution >= 4 is 5.91 Å². The van der Waals surface area contributed by atoms with Crippen LogP contribution < -0.4 is 0 Å². The molecule has 0 aliphatic carbocycles. The molecule has 1 N–H and O–H groups in total. The highest BCUT2D eigenvalue weighted by molar-refractivity contribution is 5.98. The number of rotatable bonds is 4. The Bertz CT molecular complexity index is 949. The second-order valence-corrected chi connectivity index (χ2v) is 5.71. The summed E-state index contributed by atoms with van der Waals surface area (Å²) in [6, 6.07) is 12.5. The molecule has 2 aromatic heterocycles. The Morgan fingerprint density at radius 3 is 2.60 bits per heavy atom. The average molecular weight is 335 g/mol. The van der Waals surface area contributed by atoms with Gasteiger partial charge in [0.05, 0.1) is 0 Å². The Kier molecular flexibility index (Phi) is 4.31. The minimum Gasteiger partial charge on any atom is -0.508 e. The van der Waals surface area contributed by atoms with Gasteiger partial charge in [0.25, 0.3) is 5.91 Å². The monoisotopic (exact) mass is 335 g/mol. The fraction of sp³-hybridized carbons (Fsp3) is 0.158. The van der Waals surface area contributed by atoms with E-state index in [9.17, 15) is 15.2 Å². The lowest BCUT2D eigenvalue weighted by Crippen LogP contribution is -2.27. The van der Waals surface area contributed by atoms with Gasteiger partial charge < -0.3 is 14.4 Å². The van der Waals surface area contributed by atoms with Gasteiger partial charge in [0.2, 0.25) is 5.88 Å². The van der Waals surface area contributed by atoms with Crippen LogP contribution in [0.25, 0.3) is 5.88 Å². The van der Waals surface area contributed by atoms with Gasteiger partial charge in [0.15, 0.2) is 0 Å². The molecule has 0 saturated heterocycles. The van der Waals surface area contributed by atoms with E-state index in [1.807, 2.05) is 12.1 Å². The van der Waals surface area contributed by atoms with E-state index in [0.29, 0.717) is 17.2 Å². The molecule has 6 heteroatoms. The average Bonchev–Trinajstić information content (AvgIpc) is 3.23. The van der Waals surface area contributed by atoms with Gasteiger partial charge in [-0.1, -0.05) is 18.2 Å². The zero-order valence-electron chi connectivity index (χ0n) is 13.9. The minimum absolute atomic E-state index is 0.125. The molecule has 0 unspecified atom stereocenters. The first-order valence-electron chi connectivity index (χ1n) is 7.72. The van der Waals surface area contributed by atoms with E-state index in [4.69, 9.17) is 4.42 Å². The number of aromatic hydroxyl groups is 1. The number of phenolic OH excluding ortho intramolecular Hbond substituents is 1. The van der Waals surface area contributed by atoms with Gasteiger partial charge in [-0.05, 0) is 25.1 Å². The largest absolute Gasteiger partial charge is 0.508 e. The van der Waals surface area contributed by atoms with Gasteiger partial charge in [-0.25, -0.2) is 0 Å². The Morgan fingerprint density at radius 2 is 1.96 bits per heavy atom. The Morgan fingerprint density at radius 1 is 1.28 bits per heavy atom. The van der Waals surface area contributed by atoms with Gasteiger partial charge in [-0.15, -0.1) is 0 Å². The molecule has 0 spiro atoms. The number of nitriles is 1. The third kappa shape index (κ3) is 3.00. The summed E-state index contributed by atoms with van der Waals surface area (Å²) in [5, 5.41) is 19.4. The standard InChI is InChI=1S/C19H17N3O3/c1-13-17(15(11-20)19(25-13)22-9-5-6-10-22)18(24)21(2)12-14-7-3-4-8-16(14)23/h3-10,23H,12H2,1-2H3. The highest BCUT2D eigenvalue weighted by Crippen LogP contribution is 2.27. The fourth-order valence-corrected chi connectivity index (χ4v) is 2.71. The van der Waals surface area contributed by atoms with Crippen LogP contribution in [-0.2, 0) is 6.54 Å². The summed E-state index contributed by atoms with van der Waals surface area (Å²) in [5.74, 6) is 0.498. The van der Waals surface area contributed by atoms with Gasteiger partial charge in [-0.2, -0.15) is 5.26 Å². The number of nitrogens with zero attached hydrogens (tertiary/aromatic N) is 3. The lowest BCUT2D eigenvalue weighted by molar-refractivity contribution is 0.0782. The molecule has 0 atom stereocenters. The maximum atomic E-state index is 12.9. The molecule has 1 aromatic carbocycles. The van der Waals surface area contributed by atoms with Gasteiger partial charge >= 0.3 is 0 Å².